The average Bonchev–Trinajstić information content (AvgIpc) is 2.75. The fourth-order valence-electron chi connectivity index (χ4n) is 1.67. The minimum absolute atomic E-state index is 0.508. The minimum atomic E-state index is 0.508. The molecule has 2 aromatic rings. The first-order chi connectivity index (χ1) is 9.04. The quantitative estimate of drug-likeness (QED) is 0.908. The van der Waals surface area contributed by atoms with Gasteiger partial charge in [-0.15, -0.1) is 0 Å². The van der Waals surface area contributed by atoms with E-state index in [1.54, 1.807) is 16.9 Å². The van der Waals surface area contributed by atoms with E-state index in [2.05, 4.69) is 28.9 Å². The first kappa shape index (κ1) is 13.9. The molecule has 0 bridgehead atoms. The van der Waals surface area contributed by atoms with E-state index in [0.717, 1.165) is 28.6 Å². The Kier molecular flexibility index (Phi) is 4.42. The van der Waals surface area contributed by atoms with Crippen molar-refractivity contribution in [3.8, 4) is 11.3 Å². The highest BCUT2D eigenvalue weighted by Crippen LogP contribution is 2.20. The summed E-state index contributed by atoms with van der Waals surface area (Å²) in [5.74, 6) is 3.85. The third kappa shape index (κ3) is 3.96. The Bertz CT molecular complexity index is 550. The third-order valence-corrected chi connectivity index (χ3v) is 3.84. The maximum atomic E-state index is 5.85. The zero-order valence-corrected chi connectivity index (χ0v) is 12.3. The van der Waals surface area contributed by atoms with E-state index in [1.807, 2.05) is 25.0 Å². The summed E-state index contributed by atoms with van der Waals surface area (Å²) in [7, 11) is 1.88. The summed E-state index contributed by atoms with van der Waals surface area (Å²) < 4.78 is 1.75. The molecule has 19 heavy (non-hydrogen) atoms. The Labute approximate surface area is 117 Å². The van der Waals surface area contributed by atoms with Crippen molar-refractivity contribution >= 4 is 17.6 Å². The molecule has 2 rings (SSSR count). The average molecular weight is 277 g/mol. The molecule has 0 spiro atoms. The molecule has 5 nitrogen and oxygen atoms in total. The summed E-state index contributed by atoms with van der Waals surface area (Å²) in [5, 5.41) is 4.15. The number of thioether (sulfide) groups is 1. The van der Waals surface area contributed by atoms with E-state index < -0.39 is 0 Å². The van der Waals surface area contributed by atoms with Crippen LogP contribution in [0.15, 0.2) is 18.5 Å². The Morgan fingerprint density at radius 2 is 2.16 bits per heavy atom. The number of aromatic nitrogens is 4. The molecule has 0 aliphatic heterocycles. The van der Waals surface area contributed by atoms with Crippen LogP contribution >= 0.6 is 11.8 Å². The van der Waals surface area contributed by atoms with Crippen molar-refractivity contribution in [3.63, 3.8) is 0 Å². The monoisotopic (exact) mass is 277 g/mol. The van der Waals surface area contributed by atoms with Gasteiger partial charge in [0.2, 0.25) is 0 Å². The van der Waals surface area contributed by atoms with E-state index >= 15 is 0 Å². The second-order valence-corrected chi connectivity index (χ2v) is 5.94. The minimum Gasteiger partial charge on any atom is -0.384 e. The largest absolute Gasteiger partial charge is 0.384 e. The van der Waals surface area contributed by atoms with E-state index in [4.69, 9.17) is 5.73 Å². The number of hydrogen-bond acceptors (Lipinski definition) is 5. The van der Waals surface area contributed by atoms with Gasteiger partial charge in [0, 0.05) is 24.9 Å². The Balaban J connectivity index is 2.15. The van der Waals surface area contributed by atoms with Crippen molar-refractivity contribution in [1.29, 1.82) is 0 Å². The van der Waals surface area contributed by atoms with Crippen molar-refractivity contribution in [2.24, 2.45) is 13.0 Å². The molecule has 0 saturated carbocycles. The lowest BCUT2D eigenvalue weighted by molar-refractivity contribution is 0.750. The molecular weight excluding hydrogens is 258 g/mol. The second kappa shape index (κ2) is 6.06. The Morgan fingerprint density at radius 1 is 1.37 bits per heavy atom. The van der Waals surface area contributed by atoms with Crippen LogP contribution in [0.4, 0.5) is 5.82 Å². The van der Waals surface area contributed by atoms with Crippen LogP contribution in [0.3, 0.4) is 0 Å². The summed E-state index contributed by atoms with van der Waals surface area (Å²) >= 11 is 1.83. The molecule has 0 unspecified atom stereocenters. The van der Waals surface area contributed by atoms with Crippen LogP contribution in [0.2, 0.25) is 0 Å². The van der Waals surface area contributed by atoms with Gasteiger partial charge >= 0.3 is 0 Å². The predicted octanol–water partition coefficient (Wildman–Crippen LogP) is 2.35. The lowest BCUT2D eigenvalue weighted by Crippen LogP contribution is -2.01. The van der Waals surface area contributed by atoms with Gasteiger partial charge in [-0.3, -0.25) is 4.68 Å². The molecule has 0 aromatic carbocycles. The van der Waals surface area contributed by atoms with Crippen LogP contribution in [0, 0.1) is 5.92 Å². The molecule has 0 saturated heterocycles. The zero-order chi connectivity index (χ0) is 13.8. The standard InChI is InChI=1S/C13H19N5S/c1-9(2)7-19-8-13-16-11(4-12(14)17-13)10-5-15-18(3)6-10/h4-6,9H,7-8H2,1-3H3,(H2,14,16,17). The van der Waals surface area contributed by atoms with Crippen molar-refractivity contribution in [1.82, 2.24) is 19.7 Å². The van der Waals surface area contributed by atoms with E-state index in [1.165, 1.54) is 0 Å². The second-order valence-electron chi connectivity index (χ2n) is 4.91. The topological polar surface area (TPSA) is 69.6 Å². The number of anilines is 1. The Morgan fingerprint density at radius 3 is 2.79 bits per heavy atom. The van der Waals surface area contributed by atoms with E-state index in [9.17, 15) is 0 Å². The molecule has 102 valence electrons. The summed E-state index contributed by atoms with van der Waals surface area (Å²) in [4.78, 5) is 8.83. The summed E-state index contributed by atoms with van der Waals surface area (Å²) in [6, 6.07) is 1.79. The molecule has 0 radical (unpaired) electrons. The number of hydrogen-bond donors (Lipinski definition) is 1. The van der Waals surface area contributed by atoms with Crippen molar-refractivity contribution in [3.05, 3.63) is 24.3 Å². The molecule has 6 heteroatoms. The molecule has 0 amide bonds. The molecule has 2 aromatic heterocycles. The number of nitrogens with zero attached hydrogens (tertiary/aromatic N) is 4. The zero-order valence-electron chi connectivity index (χ0n) is 11.5. The number of rotatable bonds is 5. The molecule has 0 aliphatic carbocycles. The van der Waals surface area contributed by atoms with Gasteiger partial charge in [0.1, 0.15) is 11.6 Å². The molecule has 2 N–H and O–H groups in total. The lowest BCUT2D eigenvalue weighted by atomic mass is 10.2. The molecule has 0 fully saturated rings. The van der Waals surface area contributed by atoms with Crippen molar-refractivity contribution in [2.75, 3.05) is 11.5 Å². The van der Waals surface area contributed by atoms with Gasteiger partial charge in [-0.05, 0) is 11.7 Å². The van der Waals surface area contributed by atoms with Crippen LogP contribution in [-0.4, -0.2) is 25.5 Å². The highest BCUT2D eigenvalue weighted by atomic mass is 32.2. The predicted molar refractivity (Wildman–Crippen MR) is 79.6 cm³/mol. The lowest BCUT2D eigenvalue weighted by Gasteiger charge is -2.06. The third-order valence-electron chi connectivity index (χ3n) is 2.48. The van der Waals surface area contributed by atoms with Crippen LogP contribution in [-0.2, 0) is 12.8 Å². The summed E-state index contributed by atoms with van der Waals surface area (Å²) in [6.07, 6.45) is 3.71. The summed E-state index contributed by atoms with van der Waals surface area (Å²) in [6.45, 7) is 4.41. The van der Waals surface area contributed by atoms with Gasteiger partial charge in [0.15, 0.2) is 0 Å². The van der Waals surface area contributed by atoms with Gasteiger partial charge in [-0.2, -0.15) is 16.9 Å². The number of nitrogen functional groups attached to an aromatic ring is 1. The van der Waals surface area contributed by atoms with E-state index in [0.29, 0.717) is 11.7 Å². The van der Waals surface area contributed by atoms with Crippen molar-refractivity contribution < 1.29 is 0 Å². The van der Waals surface area contributed by atoms with Gasteiger partial charge in [0.25, 0.3) is 0 Å². The van der Waals surface area contributed by atoms with Gasteiger partial charge in [0.05, 0.1) is 17.6 Å². The molecule has 2 heterocycles. The number of nitrogens with two attached hydrogens (primary N) is 1. The van der Waals surface area contributed by atoms with Crippen LogP contribution in [0.1, 0.15) is 19.7 Å². The van der Waals surface area contributed by atoms with E-state index in [-0.39, 0.29) is 0 Å². The van der Waals surface area contributed by atoms with Gasteiger partial charge in [-0.25, -0.2) is 9.97 Å². The highest BCUT2D eigenvalue weighted by Gasteiger charge is 2.07. The number of aryl methyl sites for hydroxylation is 1. The van der Waals surface area contributed by atoms with Crippen LogP contribution in [0.25, 0.3) is 11.3 Å². The normalized spacial score (nSPS) is 11.2. The maximum absolute atomic E-state index is 5.85. The first-order valence-electron chi connectivity index (χ1n) is 6.25. The SMILES string of the molecule is CC(C)CSCc1nc(N)cc(-c2cnn(C)c2)n1. The fourth-order valence-corrected chi connectivity index (χ4v) is 2.57. The highest BCUT2D eigenvalue weighted by molar-refractivity contribution is 7.98. The molecular formula is C13H19N5S. The summed E-state index contributed by atoms with van der Waals surface area (Å²) in [5.41, 5.74) is 7.65. The van der Waals surface area contributed by atoms with Gasteiger partial charge in [-0.1, -0.05) is 13.8 Å². The van der Waals surface area contributed by atoms with Gasteiger partial charge < -0.3 is 5.73 Å². The van der Waals surface area contributed by atoms with Crippen LogP contribution < -0.4 is 5.73 Å². The smallest absolute Gasteiger partial charge is 0.141 e. The fraction of sp³-hybridized carbons (Fsp3) is 0.462. The first-order valence-corrected chi connectivity index (χ1v) is 7.40. The Hall–Kier alpha value is -1.56. The van der Waals surface area contributed by atoms with Crippen molar-refractivity contribution in [2.45, 2.75) is 19.6 Å². The maximum Gasteiger partial charge on any atom is 0.141 e. The molecule has 0 aliphatic rings. The van der Waals surface area contributed by atoms with Crippen LogP contribution in [0.5, 0.6) is 0 Å². The molecule has 0 atom stereocenters.